The van der Waals surface area contributed by atoms with E-state index in [4.69, 9.17) is 18.9 Å². The van der Waals surface area contributed by atoms with E-state index in [-0.39, 0.29) is 81.4 Å². The fourth-order valence-electron chi connectivity index (χ4n) is 12.9. The molecule has 0 aromatic heterocycles. The molecule has 20 nitrogen and oxygen atoms in total. The number of ketones is 4. The molecule has 6 bridgehead atoms. The fraction of sp³-hybridized carbons (Fsp3) is 0.760. The molecule has 0 aromatic carbocycles. The molecule has 0 aromatic rings. The predicted molar refractivity (Wildman–Crippen MR) is 267 cm³/mol. The molecule has 12 rings (SSSR count). The molecule has 6 atom stereocenters. The molecular formula is C50H66O20S4. The summed E-state index contributed by atoms with van der Waals surface area (Å²) in [4.78, 5) is 142. The molecule has 2 heterocycles. The Kier molecular flexibility index (Phi) is 18.2. The van der Waals surface area contributed by atoms with Gasteiger partial charge in [-0.25, -0.2) is 0 Å². The highest BCUT2D eigenvalue weighted by molar-refractivity contribution is 8.22. The molecule has 410 valence electrons. The molecule has 2 spiro atoms. The fourth-order valence-corrected chi connectivity index (χ4v) is 20.7. The van der Waals surface area contributed by atoms with Crippen LogP contribution >= 0.6 is 47.0 Å². The van der Waals surface area contributed by atoms with E-state index in [1.807, 2.05) is 47.0 Å². The summed E-state index contributed by atoms with van der Waals surface area (Å²) in [5.74, 6) is -2.90. The van der Waals surface area contributed by atoms with E-state index in [0.29, 0.717) is 0 Å². The molecule has 10 aliphatic carbocycles. The summed E-state index contributed by atoms with van der Waals surface area (Å²) < 4.78 is 38.0. The van der Waals surface area contributed by atoms with E-state index in [9.17, 15) is 57.5 Å². The molecule has 12 fully saturated rings. The average Bonchev–Trinajstić information content (AvgIpc) is 4.11. The Morgan fingerprint density at radius 1 is 0.378 bits per heavy atom. The first kappa shape index (κ1) is 59.1. The number of carbonyl (C=O) groups is 12. The Balaban J connectivity index is 0.000000163. The van der Waals surface area contributed by atoms with Gasteiger partial charge in [0.25, 0.3) is 0 Å². The van der Waals surface area contributed by atoms with Crippen molar-refractivity contribution in [2.45, 2.75) is 111 Å². The molecule has 6 unspecified atom stereocenters. The highest BCUT2D eigenvalue weighted by atomic mass is 32.2. The van der Waals surface area contributed by atoms with Gasteiger partial charge < -0.3 is 37.9 Å². The number of Topliss-reactive ketones (excluding diaryl/α,β-unsaturated/α-hetero) is 4. The van der Waals surface area contributed by atoms with Crippen LogP contribution in [0, 0.1) is 44.3 Å². The van der Waals surface area contributed by atoms with Gasteiger partial charge in [-0.15, -0.1) is 47.0 Å². The first-order valence-electron chi connectivity index (χ1n) is 24.4. The molecular weight excluding hydrogens is 1050 g/mol. The standard InChI is InChI=1S/C16H22O4S4.C12H14O6.C12H18O4.C10H12O6/c1-19-11(17)13-3-4-14(12(18)20-2,10-15(13)21-5-6-22-15)16(9-13)23-7-8-24-16;1-17-9(15)11-3-4-12(6-7(11)13,8(14)5-11)10(16)18-2;1-15-9(13)11-3-6-12(7-4-11,8-5-11)10(14)16-2;1-15-9(13)5-3-8(12)6(4-7(5)11)10(14)16-2/h3-10H2,1-2H3;3-6H2,1-2H3;3-8H2,1-2H3;5-6H,3-4H2,1-2H3. The van der Waals surface area contributed by atoms with Gasteiger partial charge in [0.05, 0.1) is 86.7 Å². The maximum atomic E-state index is 13.0. The van der Waals surface area contributed by atoms with Crippen LogP contribution in [0.3, 0.4) is 0 Å². The first-order valence-corrected chi connectivity index (χ1v) is 28.3. The topological polar surface area (TPSA) is 279 Å². The normalized spacial score (nSPS) is 34.3. The van der Waals surface area contributed by atoms with Crippen molar-refractivity contribution in [3.05, 3.63) is 0 Å². The second kappa shape index (κ2) is 22.8. The van der Waals surface area contributed by atoms with Gasteiger partial charge in [0.15, 0.2) is 11.6 Å². The molecule has 10 saturated carbocycles. The van der Waals surface area contributed by atoms with Crippen LogP contribution in [0.1, 0.15) is 103 Å². The lowest BCUT2D eigenvalue weighted by molar-refractivity contribution is -0.182. The Bertz CT molecular complexity index is 2140. The number of methoxy groups -OCH3 is 8. The van der Waals surface area contributed by atoms with Gasteiger partial charge in [-0.05, 0) is 77.0 Å². The van der Waals surface area contributed by atoms with Gasteiger partial charge in [0.1, 0.15) is 34.2 Å². The number of fused-ring (bicyclic) bond motifs is 7. The Morgan fingerprint density at radius 2 is 0.662 bits per heavy atom. The summed E-state index contributed by atoms with van der Waals surface area (Å²) in [6, 6.07) is 0. The Morgan fingerprint density at radius 3 is 0.905 bits per heavy atom. The summed E-state index contributed by atoms with van der Waals surface area (Å²) in [7, 11) is 10.6. The minimum Gasteiger partial charge on any atom is -0.469 e. The van der Waals surface area contributed by atoms with Crippen molar-refractivity contribution in [3.8, 4) is 0 Å². The van der Waals surface area contributed by atoms with Gasteiger partial charge in [-0.2, -0.15) is 0 Å². The third-order valence-corrected chi connectivity index (χ3v) is 24.9. The van der Waals surface area contributed by atoms with Gasteiger partial charge in [-0.1, -0.05) is 0 Å². The van der Waals surface area contributed by atoms with Crippen LogP contribution in [0.2, 0.25) is 0 Å². The van der Waals surface area contributed by atoms with Crippen LogP contribution in [0.5, 0.6) is 0 Å². The number of thioether (sulfide) groups is 4. The van der Waals surface area contributed by atoms with Crippen molar-refractivity contribution < 1.29 is 95.4 Å². The zero-order valence-corrected chi connectivity index (χ0v) is 46.4. The van der Waals surface area contributed by atoms with Crippen molar-refractivity contribution in [1.82, 2.24) is 0 Å². The smallest absolute Gasteiger partial charge is 0.319 e. The lowest BCUT2D eigenvalue weighted by Gasteiger charge is -2.65. The van der Waals surface area contributed by atoms with Crippen LogP contribution in [0.15, 0.2) is 0 Å². The molecule has 0 radical (unpaired) electrons. The quantitative estimate of drug-likeness (QED) is 0.184. The summed E-state index contributed by atoms with van der Waals surface area (Å²) in [6.45, 7) is 0. The Labute approximate surface area is 446 Å². The number of ether oxygens (including phenoxy) is 8. The van der Waals surface area contributed by atoms with Crippen molar-refractivity contribution in [1.29, 1.82) is 0 Å². The van der Waals surface area contributed by atoms with Crippen LogP contribution < -0.4 is 0 Å². The predicted octanol–water partition coefficient (Wildman–Crippen LogP) is 4.45. The Hall–Kier alpha value is -4.16. The SMILES string of the molecule is COC(=O)C12CCC(C(=O)OC)(CC1)CC2.COC(=O)C12CCC(C(=O)OC)(CC13SCCS3)C1(C2)SCCS1.COC(=O)C12CCC(C(=O)OC)(CC1=O)C(=O)C2.COC(=O)C1CC(=O)C(C(=O)OC)CC1=O. The second-order valence-electron chi connectivity index (χ2n) is 20.3. The average molecular weight is 1120 g/mol. The molecule has 0 N–H and O–H groups in total. The zero-order chi connectivity index (χ0) is 54.7. The molecule has 2 aliphatic heterocycles. The monoisotopic (exact) mass is 1110 g/mol. The van der Waals surface area contributed by atoms with Crippen LogP contribution in [0.4, 0.5) is 0 Å². The summed E-state index contributed by atoms with van der Waals surface area (Å²) in [5, 5.41) is 0. The molecule has 24 heteroatoms. The highest BCUT2D eigenvalue weighted by Crippen LogP contribution is 2.79. The van der Waals surface area contributed by atoms with Gasteiger partial charge >= 0.3 is 47.8 Å². The van der Waals surface area contributed by atoms with Gasteiger partial charge in [0, 0.05) is 48.7 Å². The van der Waals surface area contributed by atoms with Gasteiger partial charge in [-0.3, -0.25) is 57.5 Å². The van der Waals surface area contributed by atoms with E-state index in [1.165, 1.54) is 42.7 Å². The maximum absolute atomic E-state index is 13.0. The second-order valence-corrected chi connectivity index (χ2v) is 26.4. The number of esters is 8. The summed E-state index contributed by atoms with van der Waals surface area (Å²) in [6.07, 6.45) is 6.73. The maximum Gasteiger partial charge on any atom is 0.319 e. The molecule has 74 heavy (non-hydrogen) atoms. The molecule has 2 saturated heterocycles. The van der Waals surface area contributed by atoms with Crippen LogP contribution in [-0.4, -0.2) is 159 Å². The van der Waals surface area contributed by atoms with E-state index in [2.05, 4.69) is 18.9 Å². The molecule has 12 aliphatic rings. The number of rotatable bonds is 8. The van der Waals surface area contributed by atoms with E-state index in [1.54, 1.807) is 0 Å². The van der Waals surface area contributed by atoms with Crippen molar-refractivity contribution in [2.75, 3.05) is 79.9 Å². The lowest BCUT2D eigenvalue weighted by Crippen LogP contribution is -2.69. The minimum absolute atomic E-state index is 0.0740. The zero-order valence-electron chi connectivity index (χ0n) is 43.1. The highest BCUT2D eigenvalue weighted by Gasteiger charge is 2.79. The summed E-state index contributed by atoms with van der Waals surface area (Å²) in [5.41, 5.74) is -4.33. The summed E-state index contributed by atoms with van der Waals surface area (Å²) >= 11 is 7.50. The van der Waals surface area contributed by atoms with Gasteiger partial charge in [0.2, 0.25) is 0 Å². The number of hydrogen-bond donors (Lipinski definition) is 0. The number of carbonyl (C=O) groups excluding carboxylic acids is 12. The molecule has 0 amide bonds. The minimum atomic E-state index is -1.37. The van der Waals surface area contributed by atoms with Crippen molar-refractivity contribution >= 4 is 118 Å². The van der Waals surface area contributed by atoms with E-state index < -0.39 is 80.5 Å². The van der Waals surface area contributed by atoms with Crippen molar-refractivity contribution in [3.63, 3.8) is 0 Å². The largest absolute Gasteiger partial charge is 0.469 e. The number of hydrogen-bond acceptors (Lipinski definition) is 24. The van der Waals surface area contributed by atoms with Crippen LogP contribution in [-0.2, 0) is 95.4 Å². The first-order chi connectivity index (χ1) is 35.0. The third kappa shape index (κ3) is 9.69. The third-order valence-electron chi connectivity index (χ3n) is 17.3. The van der Waals surface area contributed by atoms with Crippen LogP contribution in [0.25, 0.3) is 0 Å². The van der Waals surface area contributed by atoms with Crippen molar-refractivity contribution in [2.24, 2.45) is 44.3 Å². The van der Waals surface area contributed by atoms with E-state index >= 15 is 0 Å². The lowest BCUT2D eigenvalue weighted by atomic mass is 9.52. The van der Waals surface area contributed by atoms with E-state index in [0.717, 1.165) is 101 Å².